The van der Waals surface area contributed by atoms with Crippen LogP contribution in [0.2, 0.25) is 0 Å². The molecule has 4 aromatic rings. The lowest BCUT2D eigenvalue weighted by molar-refractivity contribution is -0.125. The Kier molecular flexibility index (Phi) is 4.71. The van der Waals surface area contributed by atoms with Gasteiger partial charge < -0.3 is 14.2 Å². The fraction of sp³-hybridized carbons (Fsp3) is 0.138. The topological polar surface area (TPSA) is 70.8 Å². The highest BCUT2D eigenvalue weighted by atomic mass is 16.3. The van der Waals surface area contributed by atoms with E-state index in [1.54, 1.807) is 35.2 Å². The van der Waals surface area contributed by atoms with E-state index in [-0.39, 0.29) is 35.7 Å². The third kappa shape index (κ3) is 2.80. The second-order valence-electron chi connectivity index (χ2n) is 8.76. The Hall–Kier alpha value is -4.45. The molecule has 1 atom stereocenters. The molecule has 0 bridgehead atoms. The number of hydrogen-bond acceptors (Lipinski definition) is 4. The Labute approximate surface area is 201 Å². The van der Waals surface area contributed by atoms with Crippen molar-refractivity contribution in [1.82, 2.24) is 4.90 Å². The standard InChI is InChI=1S/C29H22N2O4/c1-2-17-30-22-14-8-7-13-21(22)29(28(30)34)24-25(32)20-12-6-9-15-23(20)35-26(24)27(33)31(29)18-16-19-10-4-3-5-11-19/h2-15H,1,16-18H2. The Bertz CT molecular complexity index is 1570. The molecule has 0 saturated heterocycles. The predicted octanol–water partition coefficient (Wildman–Crippen LogP) is 4.27. The van der Waals surface area contributed by atoms with Gasteiger partial charge >= 0.3 is 0 Å². The van der Waals surface area contributed by atoms with Crippen LogP contribution in [-0.4, -0.2) is 29.8 Å². The van der Waals surface area contributed by atoms with Gasteiger partial charge in [-0.25, -0.2) is 0 Å². The number of rotatable bonds is 5. The first-order chi connectivity index (χ1) is 17.1. The molecular formula is C29H22N2O4. The van der Waals surface area contributed by atoms with E-state index in [0.717, 1.165) is 5.56 Å². The highest BCUT2D eigenvalue weighted by molar-refractivity contribution is 6.17. The van der Waals surface area contributed by atoms with Crippen molar-refractivity contribution in [2.45, 2.75) is 12.0 Å². The van der Waals surface area contributed by atoms with Crippen LogP contribution in [0.4, 0.5) is 5.69 Å². The molecule has 0 N–H and O–H groups in total. The van der Waals surface area contributed by atoms with Crippen LogP contribution in [0.25, 0.3) is 11.0 Å². The van der Waals surface area contributed by atoms with Gasteiger partial charge in [-0.1, -0.05) is 66.7 Å². The zero-order valence-corrected chi connectivity index (χ0v) is 18.9. The SMILES string of the molecule is C=CCN1C(=O)C2(c3ccccc31)c1c(oc3ccccc3c1=O)C(=O)N2CCc1ccccc1. The number of carbonyl (C=O) groups excluding carboxylic acids is 2. The molecule has 0 radical (unpaired) electrons. The minimum atomic E-state index is -1.59. The summed E-state index contributed by atoms with van der Waals surface area (Å²) in [6.07, 6.45) is 2.16. The van der Waals surface area contributed by atoms with Gasteiger partial charge in [0.15, 0.2) is 11.0 Å². The summed E-state index contributed by atoms with van der Waals surface area (Å²) in [5, 5.41) is 0.343. The second kappa shape index (κ2) is 7.81. The van der Waals surface area contributed by atoms with Crippen molar-refractivity contribution in [3.05, 3.63) is 124 Å². The summed E-state index contributed by atoms with van der Waals surface area (Å²) in [6, 6.07) is 23.9. The monoisotopic (exact) mass is 462 g/mol. The van der Waals surface area contributed by atoms with E-state index in [1.165, 1.54) is 4.90 Å². The number of benzene rings is 3. The zero-order chi connectivity index (χ0) is 24.2. The van der Waals surface area contributed by atoms with E-state index < -0.39 is 11.4 Å². The molecular weight excluding hydrogens is 440 g/mol. The predicted molar refractivity (Wildman–Crippen MR) is 133 cm³/mol. The number of carbonyl (C=O) groups is 2. The maximum atomic E-state index is 14.3. The number of anilines is 1. The van der Waals surface area contributed by atoms with Crippen molar-refractivity contribution < 1.29 is 14.0 Å². The average molecular weight is 463 g/mol. The summed E-state index contributed by atoms with van der Waals surface area (Å²) >= 11 is 0. The van der Waals surface area contributed by atoms with Crippen molar-refractivity contribution in [3.63, 3.8) is 0 Å². The maximum Gasteiger partial charge on any atom is 0.291 e. The van der Waals surface area contributed by atoms with Gasteiger partial charge in [0, 0.05) is 18.7 Å². The lowest BCUT2D eigenvalue weighted by Gasteiger charge is -2.34. The second-order valence-corrected chi connectivity index (χ2v) is 8.76. The van der Waals surface area contributed by atoms with Gasteiger partial charge in [0.1, 0.15) is 5.58 Å². The highest BCUT2D eigenvalue weighted by Crippen LogP contribution is 2.52. The molecule has 6 rings (SSSR count). The van der Waals surface area contributed by atoms with Crippen molar-refractivity contribution >= 4 is 28.5 Å². The summed E-state index contributed by atoms with van der Waals surface area (Å²) in [6.45, 7) is 4.30. The highest BCUT2D eigenvalue weighted by Gasteiger charge is 2.64. The van der Waals surface area contributed by atoms with Crippen molar-refractivity contribution in [2.24, 2.45) is 0 Å². The molecule has 6 nitrogen and oxygen atoms in total. The summed E-state index contributed by atoms with van der Waals surface area (Å²) in [7, 11) is 0. The fourth-order valence-corrected chi connectivity index (χ4v) is 5.43. The number of para-hydroxylation sites is 2. The van der Waals surface area contributed by atoms with Crippen LogP contribution >= 0.6 is 0 Å². The lowest BCUT2D eigenvalue weighted by atomic mass is 9.83. The molecule has 3 heterocycles. The molecule has 0 aliphatic carbocycles. The Morgan fingerprint density at radius 1 is 0.886 bits per heavy atom. The Morgan fingerprint density at radius 3 is 2.40 bits per heavy atom. The largest absolute Gasteiger partial charge is 0.450 e. The third-order valence-corrected chi connectivity index (χ3v) is 6.92. The molecule has 1 unspecified atom stereocenters. The molecule has 1 aromatic heterocycles. The Balaban J connectivity index is 1.64. The number of amides is 2. The normalized spacial score (nSPS) is 18.4. The Morgan fingerprint density at radius 2 is 1.60 bits per heavy atom. The molecule has 1 spiro atoms. The van der Waals surface area contributed by atoms with Crippen LogP contribution in [0.3, 0.4) is 0 Å². The summed E-state index contributed by atoms with van der Waals surface area (Å²) in [5.74, 6) is -0.867. The maximum absolute atomic E-state index is 14.3. The number of nitrogens with zero attached hydrogens (tertiary/aromatic N) is 2. The quantitative estimate of drug-likeness (QED) is 0.416. The van der Waals surface area contributed by atoms with E-state index in [0.29, 0.717) is 28.6 Å². The van der Waals surface area contributed by atoms with Crippen LogP contribution in [-0.2, 0) is 16.8 Å². The fourth-order valence-electron chi connectivity index (χ4n) is 5.43. The smallest absolute Gasteiger partial charge is 0.291 e. The van der Waals surface area contributed by atoms with Gasteiger partial charge in [-0.05, 0) is 30.2 Å². The minimum Gasteiger partial charge on any atom is -0.450 e. The molecule has 6 heteroatoms. The van der Waals surface area contributed by atoms with E-state index in [4.69, 9.17) is 4.42 Å². The molecule has 3 aromatic carbocycles. The first-order valence-electron chi connectivity index (χ1n) is 11.5. The van der Waals surface area contributed by atoms with Gasteiger partial charge in [-0.2, -0.15) is 0 Å². The minimum absolute atomic E-state index is 0.0645. The van der Waals surface area contributed by atoms with Gasteiger partial charge in [0.2, 0.25) is 5.76 Å². The number of fused-ring (bicyclic) bond motifs is 5. The molecule has 2 aliphatic rings. The first-order valence-corrected chi connectivity index (χ1v) is 11.5. The molecule has 2 amide bonds. The van der Waals surface area contributed by atoms with Crippen molar-refractivity contribution in [2.75, 3.05) is 18.0 Å². The van der Waals surface area contributed by atoms with E-state index >= 15 is 0 Å². The van der Waals surface area contributed by atoms with Crippen molar-refractivity contribution in [3.8, 4) is 0 Å². The van der Waals surface area contributed by atoms with Crippen LogP contribution in [0.1, 0.15) is 27.2 Å². The van der Waals surface area contributed by atoms with E-state index in [2.05, 4.69) is 6.58 Å². The van der Waals surface area contributed by atoms with E-state index in [1.807, 2.05) is 54.6 Å². The molecule has 0 fully saturated rings. The average Bonchev–Trinajstić information content (AvgIpc) is 3.28. The van der Waals surface area contributed by atoms with Crippen LogP contribution < -0.4 is 10.3 Å². The van der Waals surface area contributed by atoms with Gasteiger partial charge in [0.05, 0.1) is 16.6 Å². The van der Waals surface area contributed by atoms with Crippen molar-refractivity contribution in [1.29, 1.82) is 0 Å². The van der Waals surface area contributed by atoms with Gasteiger partial charge in [-0.15, -0.1) is 6.58 Å². The lowest BCUT2D eigenvalue weighted by Crippen LogP contribution is -2.54. The third-order valence-electron chi connectivity index (χ3n) is 6.92. The first kappa shape index (κ1) is 21.1. The summed E-state index contributed by atoms with van der Waals surface area (Å²) in [4.78, 5) is 45.3. The van der Waals surface area contributed by atoms with Gasteiger partial charge in [0.25, 0.3) is 11.8 Å². The van der Waals surface area contributed by atoms with Gasteiger partial charge in [-0.3, -0.25) is 14.4 Å². The number of hydrogen-bond donors (Lipinski definition) is 0. The molecule has 0 saturated carbocycles. The van der Waals surface area contributed by atoms with E-state index in [9.17, 15) is 14.4 Å². The molecule has 172 valence electrons. The summed E-state index contributed by atoms with van der Waals surface area (Å²) < 4.78 is 6.04. The molecule has 2 aliphatic heterocycles. The van der Waals surface area contributed by atoms with Crippen LogP contribution in [0.15, 0.2) is 101 Å². The molecule has 35 heavy (non-hydrogen) atoms. The summed E-state index contributed by atoms with van der Waals surface area (Å²) in [5.41, 5.74) is 0.763. The zero-order valence-electron chi connectivity index (χ0n) is 18.9. The van der Waals surface area contributed by atoms with Crippen LogP contribution in [0.5, 0.6) is 0 Å². The van der Waals surface area contributed by atoms with Crippen LogP contribution in [0, 0.1) is 0 Å².